The molecule has 3 rings (SSSR count). The first-order chi connectivity index (χ1) is 18.9. The molecule has 40 heavy (non-hydrogen) atoms. The quantitative estimate of drug-likeness (QED) is 0.0985. The van der Waals surface area contributed by atoms with E-state index in [-0.39, 0.29) is 5.75 Å². The summed E-state index contributed by atoms with van der Waals surface area (Å²) >= 11 is 0. The van der Waals surface area contributed by atoms with Crippen molar-refractivity contribution in [3.8, 4) is 5.75 Å². The zero-order valence-corrected chi connectivity index (χ0v) is 21.6. The van der Waals surface area contributed by atoms with Crippen molar-refractivity contribution >= 4 is 24.0 Å². The average Bonchev–Trinajstić information content (AvgIpc) is 3.17. The van der Waals surface area contributed by atoms with Gasteiger partial charge in [0.1, 0.15) is 49.5 Å². The van der Waals surface area contributed by atoms with Crippen LogP contribution in [0, 0.1) is 0 Å². The van der Waals surface area contributed by atoms with Gasteiger partial charge in [-0.2, -0.15) is 0 Å². The molecular weight excluding hydrogens is 540 g/mol. The second kappa shape index (κ2) is 13.5. The van der Waals surface area contributed by atoms with E-state index in [2.05, 4.69) is 0 Å². The van der Waals surface area contributed by atoms with Crippen molar-refractivity contribution < 1.29 is 73.4 Å². The van der Waals surface area contributed by atoms with Gasteiger partial charge in [0.2, 0.25) is 5.79 Å². The van der Waals surface area contributed by atoms with Crippen molar-refractivity contribution in [2.75, 3.05) is 19.8 Å². The first-order valence-electron chi connectivity index (χ1n) is 12.2. The molecule has 15 nitrogen and oxygen atoms in total. The number of ether oxygens (including phenoxy) is 6. The second-order valence-electron chi connectivity index (χ2n) is 9.10. The molecule has 0 radical (unpaired) electrons. The van der Waals surface area contributed by atoms with Crippen LogP contribution in [0.2, 0.25) is 0 Å². The van der Waals surface area contributed by atoms with Gasteiger partial charge in [0, 0.05) is 19.9 Å². The van der Waals surface area contributed by atoms with Gasteiger partial charge in [0.05, 0.1) is 6.61 Å². The third-order valence-corrected chi connectivity index (χ3v) is 6.13. The molecule has 0 spiro atoms. The Morgan fingerprint density at radius 1 is 0.950 bits per heavy atom. The highest BCUT2D eigenvalue weighted by Crippen LogP contribution is 2.38. The zero-order valence-electron chi connectivity index (χ0n) is 21.6. The van der Waals surface area contributed by atoms with Crippen molar-refractivity contribution in [1.29, 1.82) is 0 Å². The molecular formula is C25H32O15. The number of aliphatic hydroxyl groups excluding tert-OH is 5. The van der Waals surface area contributed by atoms with Crippen LogP contribution in [0.25, 0.3) is 6.08 Å². The van der Waals surface area contributed by atoms with Crippen molar-refractivity contribution in [1.82, 2.24) is 0 Å². The Morgan fingerprint density at radius 2 is 1.62 bits per heavy atom. The molecule has 2 heterocycles. The van der Waals surface area contributed by atoms with E-state index in [1.807, 2.05) is 0 Å². The molecule has 0 amide bonds. The number of aromatic hydroxyl groups is 1. The minimum absolute atomic E-state index is 0.0115. The van der Waals surface area contributed by atoms with Gasteiger partial charge < -0.3 is 59.1 Å². The summed E-state index contributed by atoms with van der Waals surface area (Å²) in [5.41, 5.74) is 0.518. The van der Waals surface area contributed by atoms with Crippen molar-refractivity contribution in [2.45, 2.75) is 68.7 Å². The van der Waals surface area contributed by atoms with Gasteiger partial charge in [-0.25, -0.2) is 4.79 Å². The lowest BCUT2D eigenvalue weighted by Crippen LogP contribution is -2.64. The summed E-state index contributed by atoms with van der Waals surface area (Å²) in [6, 6.07) is 5.80. The molecule has 0 bridgehead atoms. The minimum Gasteiger partial charge on any atom is -0.508 e. The van der Waals surface area contributed by atoms with E-state index < -0.39 is 92.5 Å². The molecule has 9 atom stereocenters. The molecule has 2 aliphatic rings. The van der Waals surface area contributed by atoms with Crippen LogP contribution in [0.15, 0.2) is 30.3 Å². The van der Waals surface area contributed by atoms with E-state index >= 15 is 0 Å². The lowest BCUT2D eigenvalue weighted by Gasteiger charge is -2.44. The summed E-state index contributed by atoms with van der Waals surface area (Å²) in [5, 5.41) is 61.3. The lowest BCUT2D eigenvalue weighted by molar-refractivity contribution is -0.383. The molecule has 2 fully saturated rings. The maximum Gasteiger partial charge on any atom is 0.331 e. The van der Waals surface area contributed by atoms with Crippen LogP contribution in [0.3, 0.4) is 0 Å². The molecule has 0 aliphatic carbocycles. The summed E-state index contributed by atoms with van der Waals surface area (Å²) in [6.07, 6.45) is -11.1. The van der Waals surface area contributed by atoms with Crippen LogP contribution in [0.4, 0.5) is 0 Å². The Labute approximate surface area is 228 Å². The summed E-state index contributed by atoms with van der Waals surface area (Å²) in [5.74, 6) is -4.99. The van der Waals surface area contributed by atoms with Crippen LogP contribution < -0.4 is 0 Å². The molecule has 1 aromatic rings. The number of carbonyl (C=O) groups is 3. The van der Waals surface area contributed by atoms with E-state index in [0.717, 1.165) is 19.9 Å². The third kappa shape index (κ3) is 7.32. The minimum atomic E-state index is -2.42. The smallest absolute Gasteiger partial charge is 0.331 e. The van der Waals surface area contributed by atoms with Crippen LogP contribution in [0.5, 0.6) is 5.75 Å². The van der Waals surface area contributed by atoms with E-state index in [1.165, 1.54) is 30.3 Å². The fourth-order valence-electron chi connectivity index (χ4n) is 4.20. The standard InChI is InChI=1S/C25H32O15/c1-12(28)35-10-17-22(36-13(2)29)20(33)21(34)24(37-17)40-25(11-27)23(19(32)16(9-26)39-25)38-18(31)8-5-14-3-6-15(30)7-4-14/h3-8,16-17,19-24,26-27,30,32-34H,9-11H2,1-2H3/b8-5+/t16-,17-,19-,20-,21-,22-,23+,24-,25+/m1/s1. The van der Waals surface area contributed by atoms with Gasteiger partial charge in [-0.05, 0) is 23.8 Å². The van der Waals surface area contributed by atoms with Crippen molar-refractivity contribution in [2.24, 2.45) is 0 Å². The third-order valence-electron chi connectivity index (χ3n) is 6.13. The number of hydrogen-bond acceptors (Lipinski definition) is 15. The first-order valence-corrected chi connectivity index (χ1v) is 12.2. The topological polar surface area (TPSA) is 228 Å². The van der Waals surface area contributed by atoms with Crippen LogP contribution in [-0.4, -0.2) is 123 Å². The Hall–Kier alpha value is -3.15. The lowest BCUT2D eigenvalue weighted by atomic mass is 9.98. The van der Waals surface area contributed by atoms with Gasteiger partial charge in [-0.15, -0.1) is 0 Å². The summed E-state index contributed by atoms with van der Waals surface area (Å²) in [6.45, 7) is -0.272. The highest BCUT2D eigenvalue weighted by Gasteiger charge is 2.61. The molecule has 1 aromatic carbocycles. The summed E-state index contributed by atoms with van der Waals surface area (Å²) < 4.78 is 32.0. The number of esters is 3. The largest absolute Gasteiger partial charge is 0.508 e. The predicted octanol–water partition coefficient (Wildman–Crippen LogP) is -2.28. The van der Waals surface area contributed by atoms with Gasteiger partial charge >= 0.3 is 17.9 Å². The molecule has 0 unspecified atom stereocenters. The Balaban J connectivity index is 1.84. The van der Waals surface area contributed by atoms with Crippen molar-refractivity contribution in [3.63, 3.8) is 0 Å². The highest BCUT2D eigenvalue weighted by atomic mass is 16.8. The van der Waals surface area contributed by atoms with E-state index in [0.29, 0.717) is 5.56 Å². The van der Waals surface area contributed by atoms with E-state index in [9.17, 15) is 45.0 Å². The Bertz CT molecular complexity index is 1060. The summed E-state index contributed by atoms with van der Waals surface area (Å²) in [4.78, 5) is 35.5. The number of hydrogen-bond donors (Lipinski definition) is 6. The highest BCUT2D eigenvalue weighted by molar-refractivity contribution is 5.87. The number of benzene rings is 1. The van der Waals surface area contributed by atoms with E-state index in [4.69, 9.17) is 28.4 Å². The van der Waals surface area contributed by atoms with Crippen LogP contribution in [-0.2, 0) is 42.8 Å². The fraction of sp³-hybridized carbons (Fsp3) is 0.560. The second-order valence-corrected chi connectivity index (χ2v) is 9.10. The maximum absolute atomic E-state index is 12.6. The number of carbonyl (C=O) groups excluding carboxylic acids is 3. The molecule has 2 aliphatic heterocycles. The summed E-state index contributed by atoms with van der Waals surface area (Å²) in [7, 11) is 0. The Morgan fingerprint density at radius 3 is 2.20 bits per heavy atom. The SMILES string of the molecule is CC(=O)OC[C@H]1O[C@H](O[C@]2(CO)O[C@H](CO)[C@@H](O)[C@@H]2OC(=O)/C=C/c2ccc(O)cc2)[C@H](O)[C@@H](O)[C@@H]1OC(C)=O. The van der Waals surface area contributed by atoms with E-state index in [1.54, 1.807) is 0 Å². The van der Waals surface area contributed by atoms with Gasteiger partial charge in [0.25, 0.3) is 0 Å². The molecule has 2 saturated heterocycles. The van der Waals surface area contributed by atoms with Crippen LogP contribution >= 0.6 is 0 Å². The molecule has 0 saturated carbocycles. The van der Waals surface area contributed by atoms with Crippen LogP contribution in [0.1, 0.15) is 19.4 Å². The molecule has 0 aromatic heterocycles. The van der Waals surface area contributed by atoms with Crippen molar-refractivity contribution in [3.05, 3.63) is 35.9 Å². The van der Waals surface area contributed by atoms with Gasteiger partial charge in [-0.1, -0.05) is 12.1 Å². The van der Waals surface area contributed by atoms with Gasteiger partial charge in [-0.3, -0.25) is 9.59 Å². The first kappa shape index (κ1) is 31.4. The Kier molecular flexibility index (Phi) is 10.6. The molecule has 6 N–H and O–H groups in total. The average molecular weight is 573 g/mol. The van der Waals surface area contributed by atoms with Gasteiger partial charge in [0.15, 0.2) is 18.5 Å². The fourth-order valence-corrected chi connectivity index (χ4v) is 4.20. The number of phenolic OH excluding ortho intramolecular Hbond substituents is 1. The molecule has 15 heteroatoms. The maximum atomic E-state index is 12.6. The molecule has 222 valence electrons. The number of rotatable bonds is 10. The monoisotopic (exact) mass is 572 g/mol. The number of phenols is 1. The zero-order chi connectivity index (χ0) is 29.6. The predicted molar refractivity (Wildman–Crippen MR) is 129 cm³/mol. The number of aliphatic hydroxyl groups is 5. The normalized spacial score (nSPS) is 34.0.